The fraction of sp³-hybridized carbons (Fsp3) is 0.286. The molecule has 1 heterocycles. The van der Waals surface area contributed by atoms with E-state index in [0.717, 1.165) is 16.3 Å². The van der Waals surface area contributed by atoms with Gasteiger partial charge in [-0.3, -0.25) is 4.79 Å². The first-order chi connectivity index (χ1) is 9.45. The van der Waals surface area contributed by atoms with Crippen molar-refractivity contribution in [1.82, 2.24) is 9.78 Å². The van der Waals surface area contributed by atoms with Gasteiger partial charge in [-0.1, -0.05) is 11.6 Å². The number of hydrogen-bond donors (Lipinski definition) is 0. The highest BCUT2D eigenvalue weighted by Crippen LogP contribution is 2.29. The first-order valence-electron chi connectivity index (χ1n) is 6.13. The van der Waals surface area contributed by atoms with Crippen molar-refractivity contribution >= 4 is 11.6 Å². The topological polar surface area (TPSA) is 44.1 Å². The molecule has 0 N–H and O–H groups in total. The second-order valence-electron chi connectivity index (χ2n) is 4.34. The van der Waals surface area contributed by atoms with Crippen molar-refractivity contribution < 1.29 is 9.13 Å². The van der Waals surface area contributed by atoms with E-state index in [1.54, 1.807) is 20.8 Å². The minimum Gasteiger partial charge on any atom is -0.492 e. The average molecular weight is 297 g/mol. The SMILES string of the molecule is CCOc1cc(-n2ncc(C)c(C)c2=O)c(F)cc1Cl. The Balaban J connectivity index is 2.67. The molecule has 0 atom stereocenters. The largest absolute Gasteiger partial charge is 0.492 e. The molecule has 1 aromatic carbocycles. The number of aromatic nitrogens is 2. The van der Waals surface area contributed by atoms with Crippen LogP contribution in [-0.4, -0.2) is 16.4 Å². The number of ether oxygens (including phenoxy) is 1. The lowest BCUT2D eigenvalue weighted by Crippen LogP contribution is -2.24. The average Bonchev–Trinajstić information content (AvgIpc) is 2.40. The van der Waals surface area contributed by atoms with Crippen molar-refractivity contribution in [2.24, 2.45) is 0 Å². The summed E-state index contributed by atoms with van der Waals surface area (Å²) in [6.45, 7) is 5.63. The van der Waals surface area contributed by atoms with Gasteiger partial charge in [0.1, 0.15) is 11.4 Å². The molecule has 106 valence electrons. The molecule has 0 aliphatic rings. The van der Waals surface area contributed by atoms with Crippen LogP contribution < -0.4 is 10.3 Å². The summed E-state index contributed by atoms with van der Waals surface area (Å²) in [5.74, 6) is -0.311. The zero-order chi connectivity index (χ0) is 14.9. The molecular weight excluding hydrogens is 283 g/mol. The third-order valence-electron chi connectivity index (χ3n) is 3.00. The van der Waals surface area contributed by atoms with Gasteiger partial charge in [-0.25, -0.2) is 4.39 Å². The molecule has 0 fully saturated rings. The molecular formula is C14H14ClFN2O2. The summed E-state index contributed by atoms with van der Waals surface area (Å²) in [5.41, 5.74) is 0.928. The van der Waals surface area contributed by atoms with Gasteiger partial charge in [-0.05, 0) is 32.4 Å². The van der Waals surface area contributed by atoms with E-state index in [-0.39, 0.29) is 16.3 Å². The maximum atomic E-state index is 14.0. The van der Waals surface area contributed by atoms with E-state index in [9.17, 15) is 9.18 Å². The summed E-state index contributed by atoms with van der Waals surface area (Å²) in [6.07, 6.45) is 1.52. The first kappa shape index (κ1) is 14.5. The van der Waals surface area contributed by atoms with Crippen molar-refractivity contribution in [3.8, 4) is 11.4 Å². The van der Waals surface area contributed by atoms with E-state index in [4.69, 9.17) is 16.3 Å². The molecule has 0 saturated heterocycles. The van der Waals surface area contributed by atoms with Crippen LogP contribution in [0.3, 0.4) is 0 Å². The molecule has 20 heavy (non-hydrogen) atoms. The van der Waals surface area contributed by atoms with Gasteiger partial charge in [0.15, 0.2) is 5.82 Å². The Hall–Kier alpha value is -1.88. The summed E-state index contributed by atoms with van der Waals surface area (Å²) >= 11 is 5.89. The van der Waals surface area contributed by atoms with Crippen LogP contribution in [0, 0.1) is 19.7 Å². The van der Waals surface area contributed by atoms with Crippen LogP contribution in [0.4, 0.5) is 4.39 Å². The zero-order valence-electron chi connectivity index (χ0n) is 11.4. The number of halogens is 2. The Bertz CT molecular complexity index is 713. The highest BCUT2D eigenvalue weighted by molar-refractivity contribution is 6.32. The zero-order valence-corrected chi connectivity index (χ0v) is 12.2. The van der Waals surface area contributed by atoms with Crippen LogP contribution in [0.25, 0.3) is 5.69 Å². The van der Waals surface area contributed by atoms with Gasteiger partial charge in [0.25, 0.3) is 5.56 Å². The second-order valence-corrected chi connectivity index (χ2v) is 4.74. The normalized spacial score (nSPS) is 10.7. The highest BCUT2D eigenvalue weighted by Gasteiger charge is 2.14. The van der Waals surface area contributed by atoms with Crippen molar-refractivity contribution in [1.29, 1.82) is 0 Å². The molecule has 2 rings (SSSR count). The Morgan fingerprint density at radius 2 is 2.10 bits per heavy atom. The predicted octanol–water partition coefficient (Wildman–Crippen LogP) is 3.04. The molecule has 4 nitrogen and oxygen atoms in total. The van der Waals surface area contributed by atoms with Crippen LogP contribution >= 0.6 is 11.6 Å². The molecule has 2 aromatic rings. The second kappa shape index (κ2) is 5.63. The molecule has 0 spiro atoms. The minimum absolute atomic E-state index is 0.0194. The predicted molar refractivity (Wildman–Crippen MR) is 75.4 cm³/mol. The van der Waals surface area contributed by atoms with Crippen molar-refractivity contribution in [3.63, 3.8) is 0 Å². The van der Waals surface area contributed by atoms with E-state index >= 15 is 0 Å². The van der Waals surface area contributed by atoms with Crippen molar-refractivity contribution in [3.05, 3.63) is 50.7 Å². The van der Waals surface area contributed by atoms with Gasteiger partial charge >= 0.3 is 0 Å². The molecule has 0 unspecified atom stereocenters. The Kier molecular flexibility index (Phi) is 4.09. The summed E-state index contributed by atoms with van der Waals surface area (Å²) in [6, 6.07) is 2.50. The number of nitrogens with zero attached hydrogens (tertiary/aromatic N) is 2. The molecule has 0 radical (unpaired) electrons. The smallest absolute Gasteiger partial charge is 0.274 e. The molecule has 1 aromatic heterocycles. The first-order valence-corrected chi connectivity index (χ1v) is 6.51. The lowest BCUT2D eigenvalue weighted by atomic mass is 10.2. The van der Waals surface area contributed by atoms with Gasteiger partial charge in [0.2, 0.25) is 0 Å². The maximum absolute atomic E-state index is 14.0. The number of rotatable bonds is 3. The van der Waals surface area contributed by atoms with E-state index in [0.29, 0.717) is 17.9 Å². The van der Waals surface area contributed by atoms with Crippen LogP contribution in [-0.2, 0) is 0 Å². The van der Waals surface area contributed by atoms with Crippen LogP contribution in [0.15, 0.2) is 23.1 Å². The molecule has 0 aliphatic carbocycles. The van der Waals surface area contributed by atoms with E-state index in [2.05, 4.69) is 5.10 Å². The van der Waals surface area contributed by atoms with Gasteiger partial charge in [0, 0.05) is 11.6 Å². The monoisotopic (exact) mass is 296 g/mol. The fourth-order valence-electron chi connectivity index (χ4n) is 1.74. The lowest BCUT2D eigenvalue weighted by Gasteiger charge is -2.11. The van der Waals surface area contributed by atoms with E-state index in [1.807, 2.05) is 0 Å². The lowest BCUT2D eigenvalue weighted by molar-refractivity contribution is 0.339. The summed E-state index contributed by atoms with van der Waals surface area (Å²) < 4.78 is 20.3. The van der Waals surface area contributed by atoms with Gasteiger partial charge in [0.05, 0.1) is 17.8 Å². The number of aryl methyl sites for hydroxylation is 1. The Morgan fingerprint density at radius 1 is 1.40 bits per heavy atom. The van der Waals surface area contributed by atoms with Gasteiger partial charge in [-0.15, -0.1) is 0 Å². The fourth-order valence-corrected chi connectivity index (χ4v) is 1.94. The van der Waals surface area contributed by atoms with Crippen molar-refractivity contribution in [2.75, 3.05) is 6.61 Å². The molecule has 0 aliphatic heterocycles. The molecule has 0 bridgehead atoms. The van der Waals surface area contributed by atoms with E-state index in [1.165, 1.54) is 12.3 Å². The van der Waals surface area contributed by atoms with Crippen molar-refractivity contribution in [2.45, 2.75) is 20.8 Å². The molecule has 0 amide bonds. The standard InChI is InChI=1S/C14H14ClFN2O2/c1-4-20-13-6-12(11(16)5-10(13)15)18-14(19)9(3)8(2)7-17-18/h5-7H,4H2,1-3H3. The number of hydrogen-bond acceptors (Lipinski definition) is 3. The summed E-state index contributed by atoms with van der Waals surface area (Å²) in [7, 11) is 0. The van der Waals surface area contributed by atoms with Gasteiger partial charge in [-0.2, -0.15) is 9.78 Å². The quantitative estimate of drug-likeness (QED) is 0.874. The summed E-state index contributed by atoms with van der Waals surface area (Å²) in [4.78, 5) is 12.2. The third-order valence-corrected chi connectivity index (χ3v) is 3.30. The van der Waals surface area contributed by atoms with Gasteiger partial charge < -0.3 is 4.74 Å². The maximum Gasteiger partial charge on any atom is 0.274 e. The van der Waals surface area contributed by atoms with Crippen LogP contribution in [0.2, 0.25) is 5.02 Å². The highest BCUT2D eigenvalue weighted by atomic mass is 35.5. The molecule has 6 heteroatoms. The molecule has 0 saturated carbocycles. The minimum atomic E-state index is -0.628. The van der Waals surface area contributed by atoms with Crippen LogP contribution in [0.5, 0.6) is 5.75 Å². The Labute approximate surface area is 120 Å². The third kappa shape index (κ3) is 2.54. The number of benzene rings is 1. The van der Waals surface area contributed by atoms with E-state index < -0.39 is 5.82 Å². The Morgan fingerprint density at radius 3 is 2.75 bits per heavy atom. The van der Waals surface area contributed by atoms with Crippen LogP contribution in [0.1, 0.15) is 18.1 Å². The summed E-state index contributed by atoms with van der Waals surface area (Å²) in [5, 5.41) is 4.12.